The van der Waals surface area contributed by atoms with Crippen LogP contribution in [0, 0.1) is 0 Å². The number of isocyanates is 1. The first-order valence-electron chi connectivity index (χ1n) is 5.26. The van der Waals surface area contributed by atoms with E-state index in [1.165, 1.54) is 31.5 Å². The number of pyridine rings is 1. The third-order valence-electron chi connectivity index (χ3n) is 2.05. The summed E-state index contributed by atoms with van der Waals surface area (Å²) in [5.74, 6) is -0.478. The number of aliphatic imine (C=N–C) groups is 1. The third-order valence-corrected chi connectivity index (χ3v) is 2.05. The zero-order chi connectivity index (χ0) is 14.1. The zero-order valence-corrected chi connectivity index (χ0v) is 10.2. The molecule has 0 aliphatic carbocycles. The molecule has 0 aliphatic rings. The van der Waals surface area contributed by atoms with Gasteiger partial charge in [-0.3, -0.25) is 4.98 Å². The summed E-state index contributed by atoms with van der Waals surface area (Å²) in [7, 11) is 1.28. The van der Waals surface area contributed by atoms with E-state index in [4.69, 9.17) is 0 Å². The van der Waals surface area contributed by atoms with E-state index in [0.717, 1.165) is 0 Å². The van der Waals surface area contributed by atoms with E-state index in [0.29, 0.717) is 11.3 Å². The molecule has 100 valence electrons. The first-order chi connectivity index (χ1) is 9.17. The molecule has 0 aromatic carbocycles. The highest BCUT2D eigenvalue weighted by Crippen LogP contribution is 2.03. The second-order valence-electron chi connectivity index (χ2n) is 3.29. The molecule has 2 amide bonds. The second kappa shape index (κ2) is 7.57. The minimum absolute atomic E-state index is 0.126. The minimum Gasteiger partial charge on any atom is -0.465 e. The molecule has 0 spiro atoms. The lowest BCUT2D eigenvalue weighted by Gasteiger charge is -2.06. The number of methoxy groups -OCH3 is 1. The molecule has 8 nitrogen and oxygen atoms in total. The maximum absolute atomic E-state index is 11.3. The number of aromatic nitrogens is 1. The van der Waals surface area contributed by atoms with Crippen LogP contribution in [0.3, 0.4) is 0 Å². The van der Waals surface area contributed by atoms with Crippen molar-refractivity contribution in [2.75, 3.05) is 13.8 Å². The van der Waals surface area contributed by atoms with Gasteiger partial charge in [0.2, 0.25) is 6.08 Å². The van der Waals surface area contributed by atoms with Crippen LogP contribution < -0.4 is 10.6 Å². The van der Waals surface area contributed by atoms with Crippen LogP contribution >= 0.6 is 0 Å². The van der Waals surface area contributed by atoms with Crippen LogP contribution in [0.4, 0.5) is 4.79 Å². The predicted molar refractivity (Wildman–Crippen MR) is 63.9 cm³/mol. The maximum atomic E-state index is 11.3. The van der Waals surface area contributed by atoms with Gasteiger partial charge in [0.25, 0.3) is 0 Å². The highest BCUT2D eigenvalue weighted by Gasteiger charge is 2.07. The molecule has 0 unspecified atom stereocenters. The molecule has 0 radical (unpaired) electrons. The van der Waals surface area contributed by atoms with Gasteiger partial charge in [0, 0.05) is 6.20 Å². The molecule has 1 aromatic heterocycles. The molecule has 2 N–H and O–H groups in total. The number of hydrogen-bond acceptors (Lipinski definition) is 6. The summed E-state index contributed by atoms with van der Waals surface area (Å²) in [5.41, 5.74) is 0.845. The summed E-state index contributed by atoms with van der Waals surface area (Å²) in [4.78, 5) is 39.4. The fourth-order valence-electron chi connectivity index (χ4n) is 1.20. The first-order valence-corrected chi connectivity index (χ1v) is 5.26. The van der Waals surface area contributed by atoms with Gasteiger partial charge in [-0.25, -0.2) is 14.4 Å². The van der Waals surface area contributed by atoms with Crippen LogP contribution in [0.2, 0.25) is 0 Å². The Balaban J connectivity index is 2.51. The van der Waals surface area contributed by atoms with Crippen LogP contribution in [-0.2, 0) is 16.1 Å². The fraction of sp³-hybridized carbons (Fsp3) is 0.273. The van der Waals surface area contributed by atoms with E-state index in [9.17, 15) is 14.4 Å². The standard InChI is InChI=1S/C11H12N4O4/c1-19-10(17)8-2-3-13-9(4-8)5-14-11(18)15-6-12-7-16/h2-4H,5-6H2,1H3,(H2,14,15,18). The normalized spacial score (nSPS) is 9.11. The quantitative estimate of drug-likeness (QED) is 0.440. The molecule has 19 heavy (non-hydrogen) atoms. The number of rotatable bonds is 5. The van der Waals surface area contributed by atoms with Gasteiger partial charge in [0.1, 0.15) is 6.67 Å². The van der Waals surface area contributed by atoms with E-state index in [1.807, 2.05) is 0 Å². The average molecular weight is 264 g/mol. The average Bonchev–Trinajstić information content (AvgIpc) is 2.45. The Hall–Kier alpha value is -2.73. The number of hydrogen-bond donors (Lipinski definition) is 2. The molecule has 0 aliphatic heterocycles. The van der Waals surface area contributed by atoms with Gasteiger partial charge in [-0.1, -0.05) is 0 Å². The van der Waals surface area contributed by atoms with E-state index >= 15 is 0 Å². The Morgan fingerprint density at radius 2 is 2.26 bits per heavy atom. The van der Waals surface area contributed by atoms with Crippen molar-refractivity contribution in [3.8, 4) is 0 Å². The largest absolute Gasteiger partial charge is 0.465 e. The third kappa shape index (κ3) is 4.97. The number of ether oxygens (including phenoxy) is 1. The summed E-state index contributed by atoms with van der Waals surface area (Å²) in [6.45, 7) is -0.0214. The second-order valence-corrected chi connectivity index (χ2v) is 3.29. The SMILES string of the molecule is COC(=O)c1ccnc(CNC(=O)NCN=C=O)c1. The smallest absolute Gasteiger partial charge is 0.337 e. The highest BCUT2D eigenvalue weighted by molar-refractivity contribution is 5.89. The molecule has 0 saturated carbocycles. The Morgan fingerprint density at radius 3 is 2.95 bits per heavy atom. The van der Waals surface area contributed by atoms with Crippen molar-refractivity contribution >= 4 is 18.1 Å². The molecule has 1 rings (SSSR count). The van der Waals surface area contributed by atoms with Crippen molar-refractivity contribution in [1.82, 2.24) is 15.6 Å². The monoisotopic (exact) mass is 264 g/mol. The molecule has 8 heteroatoms. The summed E-state index contributed by atoms with van der Waals surface area (Å²) >= 11 is 0. The molecule has 0 bridgehead atoms. The van der Waals surface area contributed by atoms with Gasteiger partial charge in [-0.15, -0.1) is 0 Å². The summed E-state index contributed by atoms with van der Waals surface area (Å²) in [5, 5.41) is 4.79. The molecule has 0 saturated heterocycles. The van der Waals surface area contributed by atoms with Crippen LogP contribution in [-0.4, -0.2) is 36.8 Å². The molecule has 0 fully saturated rings. The van der Waals surface area contributed by atoms with Crippen molar-refractivity contribution < 1.29 is 19.1 Å². The van der Waals surface area contributed by atoms with Gasteiger partial charge >= 0.3 is 12.0 Å². The van der Waals surface area contributed by atoms with Gasteiger partial charge in [-0.2, -0.15) is 4.99 Å². The maximum Gasteiger partial charge on any atom is 0.337 e. The van der Waals surface area contributed by atoms with E-state index in [1.54, 1.807) is 0 Å². The van der Waals surface area contributed by atoms with Gasteiger partial charge in [-0.05, 0) is 12.1 Å². The summed E-state index contributed by atoms with van der Waals surface area (Å²) in [6, 6.07) is 2.51. The number of urea groups is 1. The van der Waals surface area contributed by atoms with E-state index < -0.39 is 12.0 Å². The summed E-state index contributed by atoms with van der Waals surface area (Å²) < 4.78 is 4.57. The van der Waals surface area contributed by atoms with E-state index in [2.05, 4.69) is 25.3 Å². The predicted octanol–water partition coefficient (Wildman–Crippen LogP) is -0.0393. The van der Waals surface area contributed by atoms with Crippen molar-refractivity contribution in [3.63, 3.8) is 0 Å². The number of nitrogens with zero attached hydrogens (tertiary/aromatic N) is 2. The van der Waals surface area contributed by atoms with Crippen LogP contribution in [0.5, 0.6) is 0 Å². The molecular formula is C11H12N4O4. The van der Waals surface area contributed by atoms with Crippen LogP contribution in [0.25, 0.3) is 0 Å². The van der Waals surface area contributed by atoms with Crippen LogP contribution in [0.1, 0.15) is 16.1 Å². The Morgan fingerprint density at radius 1 is 1.47 bits per heavy atom. The zero-order valence-electron chi connectivity index (χ0n) is 10.2. The molecule has 1 heterocycles. The van der Waals surface area contributed by atoms with Crippen LogP contribution in [0.15, 0.2) is 23.3 Å². The topological polar surface area (TPSA) is 110 Å². The fourth-order valence-corrected chi connectivity index (χ4v) is 1.20. The van der Waals surface area contributed by atoms with Gasteiger partial charge in [0.15, 0.2) is 0 Å². The number of amides is 2. The number of carbonyl (C=O) groups excluding carboxylic acids is 3. The van der Waals surface area contributed by atoms with E-state index in [-0.39, 0.29) is 13.2 Å². The van der Waals surface area contributed by atoms with Gasteiger partial charge < -0.3 is 15.4 Å². The Labute approximate surface area is 108 Å². The Kier molecular flexibility index (Phi) is 5.71. The highest BCUT2D eigenvalue weighted by atomic mass is 16.5. The van der Waals surface area contributed by atoms with Crippen molar-refractivity contribution in [3.05, 3.63) is 29.6 Å². The van der Waals surface area contributed by atoms with Crippen molar-refractivity contribution in [2.24, 2.45) is 4.99 Å². The number of carbonyl (C=O) groups is 2. The summed E-state index contributed by atoms with van der Waals surface area (Å²) in [6.07, 6.45) is 2.73. The first kappa shape index (κ1) is 14.3. The molecular weight excluding hydrogens is 252 g/mol. The number of nitrogens with one attached hydrogen (secondary N) is 2. The molecule has 0 atom stereocenters. The lowest BCUT2D eigenvalue weighted by molar-refractivity contribution is 0.0600. The van der Waals surface area contributed by atoms with Crippen molar-refractivity contribution in [2.45, 2.75) is 6.54 Å². The minimum atomic E-state index is -0.510. The number of esters is 1. The molecule has 1 aromatic rings. The van der Waals surface area contributed by atoms with Crippen molar-refractivity contribution in [1.29, 1.82) is 0 Å². The Bertz CT molecular complexity index is 511. The lowest BCUT2D eigenvalue weighted by Crippen LogP contribution is -2.35. The lowest BCUT2D eigenvalue weighted by atomic mass is 10.2. The van der Waals surface area contributed by atoms with Gasteiger partial charge in [0.05, 0.1) is 24.9 Å².